The van der Waals surface area contributed by atoms with Crippen LogP contribution in [0.25, 0.3) is 0 Å². The number of nitrogens with zero attached hydrogens (tertiary/aromatic N) is 2. The minimum atomic E-state index is 0.109. The van der Waals surface area contributed by atoms with Crippen molar-refractivity contribution in [2.24, 2.45) is 5.73 Å². The van der Waals surface area contributed by atoms with Gasteiger partial charge >= 0.3 is 0 Å². The van der Waals surface area contributed by atoms with Gasteiger partial charge in [-0.25, -0.2) is 0 Å². The fraction of sp³-hybridized carbons (Fsp3) is 0.917. The number of carbonyl (C=O) groups excluding carboxylic acids is 1. The molecule has 2 fully saturated rings. The highest BCUT2D eigenvalue weighted by atomic mass is 16.2. The maximum Gasteiger partial charge on any atom is 0.237 e. The molecule has 0 saturated carbocycles. The van der Waals surface area contributed by atoms with E-state index in [1.54, 1.807) is 0 Å². The Kier molecular flexibility index (Phi) is 4.76. The average molecular weight is 240 g/mol. The van der Waals surface area contributed by atoms with Gasteiger partial charge in [-0.1, -0.05) is 0 Å². The van der Waals surface area contributed by atoms with Crippen molar-refractivity contribution < 1.29 is 4.79 Å². The number of piperazine rings is 1. The molecule has 2 heterocycles. The molecule has 5 nitrogen and oxygen atoms in total. The van der Waals surface area contributed by atoms with E-state index < -0.39 is 0 Å². The van der Waals surface area contributed by atoms with E-state index in [9.17, 15) is 4.79 Å². The van der Waals surface area contributed by atoms with Crippen LogP contribution in [-0.4, -0.2) is 67.6 Å². The first kappa shape index (κ1) is 12.8. The van der Waals surface area contributed by atoms with Gasteiger partial charge in [0.25, 0.3) is 0 Å². The summed E-state index contributed by atoms with van der Waals surface area (Å²) in [6.45, 7) is 6.63. The van der Waals surface area contributed by atoms with Gasteiger partial charge in [-0.15, -0.1) is 0 Å². The molecule has 0 aromatic carbocycles. The summed E-state index contributed by atoms with van der Waals surface area (Å²) in [5.74, 6) is 0.231. The highest BCUT2D eigenvalue weighted by molar-refractivity contribution is 5.81. The fourth-order valence-corrected chi connectivity index (χ4v) is 2.75. The first-order valence-electron chi connectivity index (χ1n) is 6.75. The van der Waals surface area contributed by atoms with E-state index >= 15 is 0 Å². The third-order valence-electron chi connectivity index (χ3n) is 3.80. The second-order valence-electron chi connectivity index (χ2n) is 4.97. The van der Waals surface area contributed by atoms with Crippen molar-refractivity contribution in [3.05, 3.63) is 0 Å². The molecular weight excluding hydrogens is 216 g/mol. The Morgan fingerprint density at radius 1 is 1.24 bits per heavy atom. The Morgan fingerprint density at radius 3 is 2.71 bits per heavy atom. The minimum Gasteiger partial charge on any atom is -0.355 e. The third kappa shape index (κ3) is 3.40. The normalized spacial score (nSPS) is 28.8. The molecule has 98 valence electrons. The van der Waals surface area contributed by atoms with E-state index in [4.69, 9.17) is 5.73 Å². The summed E-state index contributed by atoms with van der Waals surface area (Å²) in [5, 5.41) is 3.01. The smallest absolute Gasteiger partial charge is 0.237 e. The minimum absolute atomic E-state index is 0.109. The number of amides is 1. The Balaban J connectivity index is 1.84. The Morgan fingerprint density at radius 2 is 2.00 bits per heavy atom. The Labute approximate surface area is 103 Å². The quantitative estimate of drug-likeness (QED) is 0.680. The zero-order valence-corrected chi connectivity index (χ0v) is 10.5. The molecule has 0 aromatic rings. The zero-order valence-electron chi connectivity index (χ0n) is 10.5. The summed E-state index contributed by atoms with van der Waals surface area (Å²) in [6.07, 6.45) is 3.30. The van der Waals surface area contributed by atoms with Crippen LogP contribution < -0.4 is 11.1 Å². The lowest BCUT2D eigenvalue weighted by Crippen LogP contribution is -2.54. The van der Waals surface area contributed by atoms with Gasteiger partial charge in [-0.3, -0.25) is 14.6 Å². The molecule has 0 radical (unpaired) electrons. The summed E-state index contributed by atoms with van der Waals surface area (Å²) in [6, 6.07) is 0.109. The standard InChI is InChI=1S/C12H24N4O/c13-4-6-15-7-9-16(10-8-15)11-3-1-2-5-14-12(11)17/h11H,1-10,13H2,(H,14,17). The highest BCUT2D eigenvalue weighted by Crippen LogP contribution is 2.14. The summed E-state index contributed by atoms with van der Waals surface area (Å²) in [7, 11) is 0. The second-order valence-corrected chi connectivity index (χ2v) is 4.97. The number of nitrogens with two attached hydrogens (primary N) is 1. The van der Waals surface area contributed by atoms with E-state index in [1.807, 2.05) is 0 Å². The topological polar surface area (TPSA) is 61.6 Å². The average Bonchev–Trinajstić information content (AvgIpc) is 2.56. The Bertz CT molecular complexity index is 251. The molecule has 2 aliphatic rings. The fourth-order valence-electron chi connectivity index (χ4n) is 2.75. The first-order valence-corrected chi connectivity index (χ1v) is 6.75. The van der Waals surface area contributed by atoms with Crippen LogP contribution in [0.3, 0.4) is 0 Å². The number of hydrogen-bond acceptors (Lipinski definition) is 4. The first-order chi connectivity index (χ1) is 8.31. The second kappa shape index (κ2) is 6.33. The lowest BCUT2D eigenvalue weighted by molar-refractivity contribution is -0.126. The molecule has 0 spiro atoms. The predicted octanol–water partition coefficient (Wildman–Crippen LogP) is -0.769. The van der Waals surface area contributed by atoms with Crippen molar-refractivity contribution in [2.45, 2.75) is 25.3 Å². The third-order valence-corrected chi connectivity index (χ3v) is 3.80. The predicted molar refractivity (Wildman–Crippen MR) is 67.7 cm³/mol. The number of hydrogen-bond donors (Lipinski definition) is 2. The van der Waals surface area contributed by atoms with Crippen LogP contribution in [0.15, 0.2) is 0 Å². The lowest BCUT2D eigenvalue weighted by atomic mass is 10.1. The zero-order chi connectivity index (χ0) is 12.1. The van der Waals surface area contributed by atoms with Crippen molar-refractivity contribution in [1.29, 1.82) is 0 Å². The van der Waals surface area contributed by atoms with Crippen molar-refractivity contribution in [2.75, 3.05) is 45.8 Å². The summed E-state index contributed by atoms with van der Waals surface area (Å²) in [5.41, 5.74) is 5.56. The van der Waals surface area contributed by atoms with Gasteiger partial charge in [0, 0.05) is 45.8 Å². The van der Waals surface area contributed by atoms with Crippen molar-refractivity contribution in [3.8, 4) is 0 Å². The number of nitrogens with one attached hydrogen (secondary N) is 1. The maximum absolute atomic E-state index is 11.9. The van der Waals surface area contributed by atoms with Crippen molar-refractivity contribution in [1.82, 2.24) is 15.1 Å². The maximum atomic E-state index is 11.9. The summed E-state index contributed by atoms with van der Waals surface area (Å²) < 4.78 is 0. The van der Waals surface area contributed by atoms with Gasteiger partial charge in [-0.2, -0.15) is 0 Å². The van der Waals surface area contributed by atoms with Gasteiger partial charge < -0.3 is 11.1 Å². The monoisotopic (exact) mass is 240 g/mol. The van der Waals surface area contributed by atoms with Crippen LogP contribution in [-0.2, 0) is 4.79 Å². The van der Waals surface area contributed by atoms with Gasteiger partial charge in [0.05, 0.1) is 6.04 Å². The van der Waals surface area contributed by atoms with Gasteiger partial charge in [0.1, 0.15) is 0 Å². The van der Waals surface area contributed by atoms with Crippen molar-refractivity contribution >= 4 is 5.91 Å². The molecule has 2 saturated heterocycles. The Hall–Kier alpha value is -0.650. The van der Waals surface area contributed by atoms with E-state index in [1.165, 1.54) is 0 Å². The van der Waals surface area contributed by atoms with E-state index in [0.29, 0.717) is 0 Å². The van der Waals surface area contributed by atoms with Crippen LogP contribution in [0.5, 0.6) is 0 Å². The van der Waals surface area contributed by atoms with Crippen LogP contribution >= 0.6 is 0 Å². The van der Waals surface area contributed by atoms with Gasteiger partial charge in [-0.05, 0) is 19.3 Å². The van der Waals surface area contributed by atoms with Crippen LogP contribution in [0.2, 0.25) is 0 Å². The van der Waals surface area contributed by atoms with Gasteiger partial charge in [0.2, 0.25) is 5.91 Å². The number of carbonyl (C=O) groups is 1. The van der Waals surface area contributed by atoms with E-state index in [-0.39, 0.29) is 11.9 Å². The van der Waals surface area contributed by atoms with Gasteiger partial charge in [0.15, 0.2) is 0 Å². The molecule has 0 bridgehead atoms. The molecule has 1 unspecified atom stereocenters. The van der Waals surface area contributed by atoms with E-state index in [2.05, 4.69) is 15.1 Å². The molecule has 17 heavy (non-hydrogen) atoms. The molecule has 0 aliphatic carbocycles. The van der Waals surface area contributed by atoms with Crippen LogP contribution in [0.1, 0.15) is 19.3 Å². The molecule has 3 N–H and O–H groups in total. The highest BCUT2D eigenvalue weighted by Gasteiger charge is 2.29. The molecule has 2 aliphatic heterocycles. The largest absolute Gasteiger partial charge is 0.355 e. The molecular formula is C12H24N4O. The van der Waals surface area contributed by atoms with Crippen LogP contribution in [0.4, 0.5) is 0 Å². The van der Waals surface area contributed by atoms with Crippen LogP contribution in [0, 0.1) is 0 Å². The molecule has 0 aromatic heterocycles. The van der Waals surface area contributed by atoms with E-state index in [0.717, 1.165) is 65.1 Å². The summed E-state index contributed by atoms with van der Waals surface area (Å²) in [4.78, 5) is 16.7. The lowest BCUT2D eigenvalue weighted by Gasteiger charge is -2.38. The molecule has 5 heteroatoms. The number of rotatable bonds is 3. The summed E-state index contributed by atoms with van der Waals surface area (Å²) >= 11 is 0. The molecule has 2 rings (SSSR count). The SMILES string of the molecule is NCCN1CCN(C2CCCCNC2=O)CC1. The van der Waals surface area contributed by atoms with Crippen molar-refractivity contribution in [3.63, 3.8) is 0 Å². The molecule has 1 atom stereocenters. The molecule has 1 amide bonds.